The van der Waals surface area contributed by atoms with Crippen molar-refractivity contribution in [3.63, 3.8) is 0 Å². The summed E-state index contributed by atoms with van der Waals surface area (Å²) in [7, 11) is 0. The van der Waals surface area contributed by atoms with E-state index >= 15 is 0 Å². The van der Waals surface area contributed by atoms with Crippen molar-refractivity contribution in [2.75, 3.05) is 0 Å². The molecule has 6 heteroatoms. The third kappa shape index (κ3) is 3.16. The van der Waals surface area contributed by atoms with E-state index in [-0.39, 0.29) is 0 Å². The molecule has 15 heavy (non-hydrogen) atoms. The van der Waals surface area contributed by atoms with Gasteiger partial charge >= 0.3 is 6.18 Å². The molecule has 1 amide bonds. The Kier molecular flexibility index (Phi) is 3.18. The van der Waals surface area contributed by atoms with Crippen LogP contribution in [0, 0.1) is 0 Å². The van der Waals surface area contributed by atoms with Crippen LogP contribution in [0.3, 0.4) is 0 Å². The lowest BCUT2D eigenvalue weighted by atomic mass is 10.2. The molecule has 1 rings (SSSR count). The fourth-order valence-electron chi connectivity index (χ4n) is 0.917. The Labute approximate surface area is 83.8 Å². The zero-order chi connectivity index (χ0) is 11.5. The maximum Gasteiger partial charge on any atom is 0.420 e. The lowest BCUT2D eigenvalue weighted by Gasteiger charge is -2.12. The minimum atomic E-state index is -4.50. The first-order chi connectivity index (χ1) is 6.91. The first kappa shape index (κ1) is 11.4. The van der Waals surface area contributed by atoms with Gasteiger partial charge in [-0.3, -0.25) is 4.79 Å². The molecule has 1 N–H and O–H groups in total. The molecule has 0 heterocycles. The number of para-hydroxylation sites is 1. The van der Waals surface area contributed by atoms with Crippen LogP contribution in [0.1, 0.15) is 12.5 Å². The van der Waals surface area contributed by atoms with Gasteiger partial charge in [-0.15, -0.1) is 0 Å². The number of hydrogen-bond donors (Lipinski definition) is 1. The van der Waals surface area contributed by atoms with Gasteiger partial charge in [0.25, 0.3) is 0 Å². The van der Waals surface area contributed by atoms with Gasteiger partial charge < -0.3 is 4.84 Å². The molecule has 0 aliphatic carbocycles. The molecule has 0 aromatic heterocycles. The molecule has 0 fully saturated rings. The van der Waals surface area contributed by atoms with Gasteiger partial charge in [0.15, 0.2) is 5.75 Å². The van der Waals surface area contributed by atoms with E-state index in [1.165, 1.54) is 12.1 Å². The van der Waals surface area contributed by atoms with Gasteiger partial charge in [-0.05, 0) is 12.1 Å². The van der Waals surface area contributed by atoms with E-state index in [1.807, 2.05) is 5.48 Å². The highest BCUT2D eigenvalue weighted by atomic mass is 19.4. The molecule has 0 bridgehead atoms. The molecule has 1 aromatic carbocycles. The average molecular weight is 219 g/mol. The third-order valence-electron chi connectivity index (χ3n) is 1.50. The van der Waals surface area contributed by atoms with E-state index in [2.05, 4.69) is 4.84 Å². The molecule has 0 atom stereocenters. The molecule has 0 saturated carbocycles. The predicted molar refractivity (Wildman–Crippen MR) is 45.9 cm³/mol. The van der Waals surface area contributed by atoms with E-state index in [0.717, 1.165) is 19.1 Å². The number of amides is 1. The summed E-state index contributed by atoms with van der Waals surface area (Å²) in [5.41, 5.74) is 0.904. The Hall–Kier alpha value is -1.72. The van der Waals surface area contributed by atoms with Gasteiger partial charge in [-0.2, -0.15) is 18.7 Å². The number of hydroxylamine groups is 1. The number of alkyl halides is 3. The lowest BCUT2D eigenvalue weighted by Crippen LogP contribution is -2.25. The molecule has 0 radical (unpaired) electrons. The number of halogens is 3. The maximum atomic E-state index is 12.4. The minimum Gasteiger partial charge on any atom is -0.379 e. The van der Waals surface area contributed by atoms with Crippen LogP contribution in [-0.4, -0.2) is 5.91 Å². The van der Waals surface area contributed by atoms with Crippen LogP contribution < -0.4 is 10.3 Å². The Morgan fingerprint density at radius 1 is 1.33 bits per heavy atom. The molecule has 1 aromatic rings. The van der Waals surface area contributed by atoms with Crippen LogP contribution in [0.4, 0.5) is 13.2 Å². The van der Waals surface area contributed by atoms with Gasteiger partial charge in [0.2, 0.25) is 5.91 Å². The summed E-state index contributed by atoms with van der Waals surface area (Å²) in [4.78, 5) is 15.0. The summed E-state index contributed by atoms with van der Waals surface area (Å²) < 4.78 is 37.1. The Bertz CT molecular complexity index is 363. The Morgan fingerprint density at radius 2 is 1.93 bits per heavy atom. The van der Waals surface area contributed by atoms with E-state index in [0.29, 0.717) is 0 Å². The first-order valence-corrected chi connectivity index (χ1v) is 4.01. The van der Waals surface area contributed by atoms with E-state index in [1.54, 1.807) is 0 Å². The Balaban J connectivity index is 2.92. The lowest BCUT2D eigenvalue weighted by molar-refractivity contribution is -0.141. The van der Waals surface area contributed by atoms with Crippen molar-refractivity contribution in [2.24, 2.45) is 0 Å². The van der Waals surface area contributed by atoms with Gasteiger partial charge in [0.1, 0.15) is 5.56 Å². The highest BCUT2D eigenvalue weighted by Crippen LogP contribution is 2.35. The number of nitrogens with one attached hydrogen (secondary N) is 1. The zero-order valence-corrected chi connectivity index (χ0v) is 7.76. The zero-order valence-electron chi connectivity index (χ0n) is 7.76. The maximum absolute atomic E-state index is 12.4. The van der Waals surface area contributed by atoms with Crippen LogP contribution in [-0.2, 0) is 11.0 Å². The van der Waals surface area contributed by atoms with Crippen LogP contribution in [0.5, 0.6) is 5.75 Å². The molecule has 3 nitrogen and oxygen atoms in total. The van der Waals surface area contributed by atoms with Crippen molar-refractivity contribution < 1.29 is 22.8 Å². The second-order valence-corrected chi connectivity index (χ2v) is 2.75. The number of rotatable bonds is 2. The number of benzene rings is 1. The summed E-state index contributed by atoms with van der Waals surface area (Å²) in [6, 6.07) is 4.62. The standard InChI is InChI=1S/C9H8F3NO2/c1-6(14)13-15-8-5-3-2-4-7(8)9(10,11)12/h2-5H,1H3,(H,13,14). The van der Waals surface area contributed by atoms with E-state index < -0.39 is 23.4 Å². The van der Waals surface area contributed by atoms with Crippen molar-refractivity contribution >= 4 is 5.91 Å². The second-order valence-electron chi connectivity index (χ2n) is 2.75. The van der Waals surface area contributed by atoms with Crippen molar-refractivity contribution in [2.45, 2.75) is 13.1 Å². The first-order valence-electron chi connectivity index (χ1n) is 4.01. The molecule has 0 aliphatic rings. The normalized spacial score (nSPS) is 10.9. The van der Waals surface area contributed by atoms with Crippen molar-refractivity contribution in [3.8, 4) is 5.75 Å². The topological polar surface area (TPSA) is 38.3 Å². The van der Waals surface area contributed by atoms with Gasteiger partial charge in [0, 0.05) is 6.92 Å². The van der Waals surface area contributed by atoms with Crippen LogP contribution in [0.25, 0.3) is 0 Å². The van der Waals surface area contributed by atoms with Gasteiger partial charge in [-0.25, -0.2) is 0 Å². The number of carbonyl (C=O) groups excluding carboxylic acids is 1. The molecule has 0 spiro atoms. The van der Waals surface area contributed by atoms with Crippen LogP contribution in [0.2, 0.25) is 0 Å². The summed E-state index contributed by atoms with van der Waals surface area (Å²) >= 11 is 0. The fraction of sp³-hybridized carbons (Fsp3) is 0.222. The quantitative estimate of drug-likeness (QED) is 0.774. The summed E-state index contributed by atoms with van der Waals surface area (Å²) in [5, 5.41) is 0. The summed E-state index contributed by atoms with van der Waals surface area (Å²) in [6.07, 6.45) is -4.50. The van der Waals surface area contributed by atoms with Gasteiger partial charge in [0.05, 0.1) is 0 Å². The molecule has 0 saturated heterocycles. The van der Waals surface area contributed by atoms with Crippen molar-refractivity contribution in [1.29, 1.82) is 0 Å². The molecular formula is C9H8F3NO2. The largest absolute Gasteiger partial charge is 0.420 e. The average Bonchev–Trinajstić information content (AvgIpc) is 2.13. The molecule has 82 valence electrons. The molecule has 0 aliphatic heterocycles. The SMILES string of the molecule is CC(=O)NOc1ccccc1C(F)(F)F. The third-order valence-corrected chi connectivity index (χ3v) is 1.50. The highest BCUT2D eigenvalue weighted by Gasteiger charge is 2.34. The summed E-state index contributed by atoms with van der Waals surface area (Å²) in [6.45, 7) is 1.14. The van der Waals surface area contributed by atoms with Crippen LogP contribution in [0.15, 0.2) is 24.3 Å². The van der Waals surface area contributed by atoms with Gasteiger partial charge in [-0.1, -0.05) is 12.1 Å². The van der Waals surface area contributed by atoms with Crippen LogP contribution >= 0.6 is 0 Å². The number of carbonyl (C=O) groups is 1. The highest BCUT2D eigenvalue weighted by molar-refractivity contribution is 5.71. The molecule has 0 unspecified atom stereocenters. The monoisotopic (exact) mass is 219 g/mol. The second kappa shape index (κ2) is 4.20. The predicted octanol–water partition coefficient (Wildman–Crippen LogP) is 2.14. The summed E-state index contributed by atoms with van der Waals surface area (Å²) in [5.74, 6) is -1.01. The minimum absolute atomic E-state index is 0.430. The molecular weight excluding hydrogens is 211 g/mol. The van der Waals surface area contributed by atoms with Crippen molar-refractivity contribution in [1.82, 2.24) is 5.48 Å². The van der Waals surface area contributed by atoms with E-state index in [9.17, 15) is 18.0 Å². The fourth-order valence-corrected chi connectivity index (χ4v) is 0.917. The Morgan fingerprint density at radius 3 is 2.47 bits per heavy atom. The smallest absolute Gasteiger partial charge is 0.379 e. The van der Waals surface area contributed by atoms with Crippen molar-refractivity contribution in [3.05, 3.63) is 29.8 Å². The van der Waals surface area contributed by atoms with E-state index in [4.69, 9.17) is 0 Å². The number of hydrogen-bond acceptors (Lipinski definition) is 2.